The lowest BCUT2D eigenvalue weighted by atomic mass is 9.90. The minimum absolute atomic E-state index is 0.304. The topological polar surface area (TPSA) is 209 Å². The molecule has 5 aromatic carbocycles. The molecule has 2 atom stereocenters. The van der Waals surface area contributed by atoms with Crippen molar-refractivity contribution in [2.45, 2.75) is 37.9 Å². The van der Waals surface area contributed by atoms with E-state index in [0.717, 1.165) is 29.5 Å². The van der Waals surface area contributed by atoms with Crippen LogP contribution in [0, 0.1) is 0 Å². The minimum atomic E-state index is -1.95. The number of aromatic hydroxyl groups is 5. The number of aliphatic hydroxyl groups excluding tert-OH is 5. The maximum atomic E-state index is 11.3. The molecule has 12 nitrogen and oxygen atoms in total. The molecule has 0 saturated carbocycles. The Morgan fingerprint density at radius 2 is 1.00 bits per heavy atom. The second-order valence-electron chi connectivity index (χ2n) is 14.6. The fraction of sp³-hybridized carbons (Fsp3) is 0.125. The Balaban J connectivity index is 1.25. The van der Waals surface area contributed by atoms with Crippen molar-refractivity contribution < 1.29 is 51.1 Å². The van der Waals surface area contributed by atoms with E-state index in [4.69, 9.17) is 0 Å². The van der Waals surface area contributed by atoms with Crippen LogP contribution in [0.4, 0.5) is 22.7 Å². The summed E-state index contributed by atoms with van der Waals surface area (Å²) in [5, 5.41) is 108. The van der Waals surface area contributed by atoms with Crippen LogP contribution < -0.4 is 9.80 Å². The zero-order valence-electron chi connectivity index (χ0n) is 32.1. The van der Waals surface area contributed by atoms with Crippen LogP contribution in [0.2, 0.25) is 0 Å². The molecular formula is C48H42N2O10. The molecule has 0 aromatic heterocycles. The molecule has 3 aliphatic carbocycles. The van der Waals surface area contributed by atoms with Gasteiger partial charge in [0.25, 0.3) is 0 Å². The number of aliphatic hydroxyl groups is 5. The van der Waals surface area contributed by atoms with Gasteiger partial charge in [-0.3, -0.25) is 0 Å². The van der Waals surface area contributed by atoms with Crippen LogP contribution in [0.25, 0.3) is 22.3 Å². The van der Waals surface area contributed by atoms with E-state index in [9.17, 15) is 51.1 Å². The van der Waals surface area contributed by atoms with Gasteiger partial charge in [0.15, 0.2) is 28.8 Å². The van der Waals surface area contributed by atoms with Crippen molar-refractivity contribution in [3.8, 4) is 51.0 Å². The van der Waals surface area contributed by atoms with Gasteiger partial charge in [0.2, 0.25) is 17.2 Å². The van der Waals surface area contributed by atoms with Gasteiger partial charge in [0, 0.05) is 22.8 Å². The zero-order chi connectivity index (χ0) is 42.2. The molecule has 0 spiro atoms. The normalized spacial score (nSPS) is 17.9. The number of hydrogen-bond acceptors (Lipinski definition) is 12. The van der Waals surface area contributed by atoms with Gasteiger partial charge in [-0.1, -0.05) is 91.0 Å². The van der Waals surface area contributed by atoms with Crippen LogP contribution in [0.15, 0.2) is 173 Å². The van der Waals surface area contributed by atoms with Crippen molar-refractivity contribution in [1.29, 1.82) is 0 Å². The second-order valence-corrected chi connectivity index (χ2v) is 14.6. The highest BCUT2D eigenvalue weighted by Crippen LogP contribution is 2.58. The summed E-state index contributed by atoms with van der Waals surface area (Å²) >= 11 is 0. The van der Waals surface area contributed by atoms with Gasteiger partial charge >= 0.3 is 0 Å². The van der Waals surface area contributed by atoms with Crippen molar-refractivity contribution in [2.75, 3.05) is 9.80 Å². The SMILES string of the molecule is OC1=C(O)C(O)C(O)C(O)=C1N(C1=CC=C(C2=CC=CCC2)CC1)c1cccc(-c2cccc(N(c3ccc(-c4ccccc4)cc3)c3c(O)c(O)c(O)c(O)c3O)c2)c1. The number of anilines is 4. The van der Waals surface area contributed by atoms with E-state index in [-0.39, 0.29) is 5.70 Å². The second kappa shape index (κ2) is 16.0. The number of hydrogen-bond donors (Lipinski definition) is 10. The van der Waals surface area contributed by atoms with E-state index < -0.39 is 63.9 Å². The van der Waals surface area contributed by atoms with Crippen LogP contribution >= 0.6 is 0 Å². The molecule has 304 valence electrons. The molecule has 0 aliphatic heterocycles. The first-order chi connectivity index (χ1) is 28.9. The fourth-order valence-corrected chi connectivity index (χ4v) is 7.81. The smallest absolute Gasteiger partial charge is 0.208 e. The van der Waals surface area contributed by atoms with Crippen molar-refractivity contribution in [3.63, 3.8) is 0 Å². The number of nitrogens with zero attached hydrogens (tertiary/aromatic N) is 2. The van der Waals surface area contributed by atoms with E-state index in [0.29, 0.717) is 46.7 Å². The first kappa shape index (κ1) is 39.3. The average Bonchev–Trinajstić information content (AvgIpc) is 3.30. The Labute approximate surface area is 345 Å². The largest absolute Gasteiger partial charge is 0.507 e. The van der Waals surface area contributed by atoms with Crippen molar-refractivity contribution in [2.24, 2.45) is 0 Å². The summed E-state index contributed by atoms with van der Waals surface area (Å²) in [5.74, 6) is -7.40. The molecule has 8 rings (SSSR count). The van der Waals surface area contributed by atoms with Gasteiger partial charge in [-0.15, -0.1) is 0 Å². The first-order valence-electron chi connectivity index (χ1n) is 19.3. The van der Waals surface area contributed by atoms with E-state index in [1.807, 2.05) is 66.8 Å². The highest BCUT2D eigenvalue weighted by Gasteiger charge is 2.40. The fourth-order valence-electron chi connectivity index (χ4n) is 7.81. The minimum Gasteiger partial charge on any atom is -0.507 e. The van der Waals surface area contributed by atoms with Gasteiger partial charge in [0.1, 0.15) is 23.6 Å². The molecule has 5 aromatic rings. The van der Waals surface area contributed by atoms with Crippen LogP contribution in [0.3, 0.4) is 0 Å². The molecule has 0 bridgehead atoms. The Kier molecular flexibility index (Phi) is 10.5. The summed E-state index contributed by atoms with van der Waals surface area (Å²) in [6, 6.07) is 30.7. The van der Waals surface area contributed by atoms with E-state index in [2.05, 4.69) is 12.2 Å². The summed E-state index contributed by atoms with van der Waals surface area (Å²) in [6.07, 6.45) is 9.08. The van der Waals surface area contributed by atoms with Gasteiger partial charge in [-0.05, 0) is 102 Å². The van der Waals surface area contributed by atoms with Gasteiger partial charge in [0.05, 0.1) is 0 Å². The van der Waals surface area contributed by atoms with E-state index >= 15 is 0 Å². The first-order valence-corrected chi connectivity index (χ1v) is 19.3. The number of benzene rings is 5. The third-order valence-electron chi connectivity index (χ3n) is 11.0. The van der Waals surface area contributed by atoms with Crippen LogP contribution in [-0.4, -0.2) is 63.3 Å². The maximum Gasteiger partial charge on any atom is 0.208 e. The molecule has 0 saturated heterocycles. The van der Waals surface area contributed by atoms with Crippen molar-refractivity contribution in [1.82, 2.24) is 0 Å². The monoisotopic (exact) mass is 806 g/mol. The van der Waals surface area contributed by atoms with Gasteiger partial charge < -0.3 is 60.9 Å². The van der Waals surface area contributed by atoms with Gasteiger partial charge in [-0.2, -0.15) is 0 Å². The molecule has 10 N–H and O–H groups in total. The van der Waals surface area contributed by atoms with Gasteiger partial charge in [-0.25, -0.2) is 0 Å². The number of phenolic OH excluding ortho intramolecular Hbond substituents is 5. The highest BCUT2D eigenvalue weighted by molar-refractivity contribution is 5.91. The maximum absolute atomic E-state index is 11.3. The molecule has 0 fully saturated rings. The Bertz CT molecular complexity index is 2650. The van der Waals surface area contributed by atoms with Crippen LogP contribution in [-0.2, 0) is 0 Å². The van der Waals surface area contributed by atoms with E-state index in [1.54, 1.807) is 54.6 Å². The molecule has 0 heterocycles. The quantitative estimate of drug-likeness (QED) is 0.0499. The Morgan fingerprint density at radius 1 is 0.450 bits per heavy atom. The molecule has 0 amide bonds. The third-order valence-corrected chi connectivity index (χ3v) is 11.0. The number of phenols is 5. The van der Waals surface area contributed by atoms with Crippen LogP contribution in [0.1, 0.15) is 25.7 Å². The molecule has 0 radical (unpaired) electrons. The lowest BCUT2D eigenvalue weighted by molar-refractivity contribution is 0.00552. The predicted molar refractivity (Wildman–Crippen MR) is 229 cm³/mol. The molecule has 12 heteroatoms. The summed E-state index contributed by atoms with van der Waals surface area (Å²) < 4.78 is 0. The number of allylic oxidation sites excluding steroid dienone is 8. The molecule has 3 aliphatic rings. The Hall–Kier alpha value is -7.54. The standard InChI is InChI=1S/C48H42N2O10/c51-39-37(40(52)44(56)47(59)43(39)55)49(33-21-17-29(18-22-33)27-9-3-1-4-10-27)35-15-7-13-31(25-35)32-14-8-16-36(26-32)50(38-41(53)45(57)48(60)46(58)42(38)54)34-23-19-30(20-24-34)28-11-5-2-6-12-28/h1-5,7-11,13-19,21-23,25-26,45,48,51-60H,6,12,20,24H2. The molecule has 2 unspecified atom stereocenters. The zero-order valence-corrected chi connectivity index (χ0v) is 32.1. The predicted octanol–water partition coefficient (Wildman–Crippen LogP) is 9.54. The third kappa shape index (κ3) is 7.04. The summed E-state index contributed by atoms with van der Waals surface area (Å²) in [7, 11) is 0. The summed E-state index contributed by atoms with van der Waals surface area (Å²) in [6.45, 7) is 0. The van der Waals surface area contributed by atoms with Crippen molar-refractivity contribution in [3.05, 3.63) is 173 Å². The molecule has 60 heavy (non-hydrogen) atoms. The van der Waals surface area contributed by atoms with Crippen molar-refractivity contribution >= 4 is 22.7 Å². The molecular weight excluding hydrogens is 765 g/mol. The summed E-state index contributed by atoms with van der Waals surface area (Å²) in [4.78, 5) is 2.94. The summed E-state index contributed by atoms with van der Waals surface area (Å²) in [5.41, 5.74) is 6.45. The lowest BCUT2D eigenvalue weighted by Gasteiger charge is -2.35. The lowest BCUT2D eigenvalue weighted by Crippen LogP contribution is -2.39. The van der Waals surface area contributed by atoms with E-state index in [1.165, 1.54) is 15.4 Å². The van der Waals surface area contributed by atoms with Crippen LogP contribution in [0.5, 0.6) is 28.7 Å². The average molecular weight is 807 g/mol. The highest BCUT2D eigenvalue weighted by atomic mass is 16.4. The Morgan fingerprint density at radius 3 is 1.58 bits per heavy atom. The number of rotatable bonds is 9.